The van der Waals surface area contributed by atoms with Crippen LogP contribution < -0.4 is 0 Å². The molecule has 9 heteroatoms. The van der Waals surface area contributed by atoms with Gasteiger partial charge in [-0.1, -0.05) is 6.92 Å². The lowest BCUT2D eigenvalue weighted by molar-refractivity contribution is -0.389. The fraction of sp³-hybridized carbons (Fsp3) is 0.533. The number of hydrogen-bond acceptors (Lipinski definition) is 5. The van der Waals surface area contributed by atoms with Crippen molar-refractivity contribution in [3.05, 3.63) is 39.8 Å². The van der Waals surface area contributed by atoms with Crippen LogP contribution in [-0.4, -0.2) is 42.3 Å². The van der Waals surface area contributed by atoms with Gasteiger partial charge in [0.2, 0.25) is 5.91 Å². The zero-order valence-electron chi connectivity index (χ0n) is 14.3. The van der Waals surface area contributed by atoms with E-state index in [-0.39, 0.29) is 11.7 Å². The van der Waals surface area contributed by atoms with Gasteiger partial charge in [0.15, 0.2) is 6.04 Å². The first kappa shape index (κ1) is 17.6. The van der Waals surface area contributed by atoms with Crippen molar-refractivity contribution in [2.75, 3.05) is 7.05 Å². The molecule has 0 radical (unpaired) electrons. The van der Waals surface area contributed by atoms with Gasteiger partial charge >= 0.3 is 5.82 Å². The molecule has 1 unspecified atom stereocenters. The molecular formula is C15H22N6O3. The first-order valence-corrected chi connectivity index (χ1v) is 7.85. The Bertz CT molecular complexity index is 735. The van der Waals surface area contributed by atoms with Crippen LogP contribution in [0.15, 0.2) is 18.3 Å². The van der Waals surface area contributed by atoms with Gasteiger partial charge in [-0.2, -0.15) is 9.78 Å². The number of carbonyl (C=O) groups excluding carboxylic acids is 1. The molecular weight excluding hydrogens is 312 g/mol. The third-order valence-electron chi connectivity index (χ3n) is 3.94. The average Bonchev–Trinajstić information content (AvgIpc) is 3.15. The summed E-state index contributed by atoms with van der Waals surface area (Å²) in [6, 6.07) is 2.68. The molecule has 2 heterocycles. The molecule has 0 aromatic carbocycles. The van der Waals surface area contributed by atoms with Crippen LogP contribution in [-0.2, 0) is 17.9 Å². The van der Waals surface area contributed by atoms with Gasteiger partial charge in [-0.3, -0.25) is 9.48 Å². The number of amides is 1. The minimum atomic E-state index is -0.568. The Morgan fingerprint density at radius 3 is 2.71 bits per heavy atom. The number of likely N-dealkylation sites (N-methyl/N-ethyl adjacent to an activating group) is 1. The van der Waals surface area contributed by atoms with Gasteiger partial charge in [0.25, 0.3) is 0 Å². The summed E-state index contributed by atoms with van der Waals surface area (Å²) >= 11 is 0. The molecule has 0 bridgehead atoms. The third-order valence-corrected chi connectivity index (χ3v) is 3.94. The van der Waals surface area contributed by atoms with Gasteiger partial charge < -0.3 is 15.0 Å². The Hall–Kier alpha value is -2.71. The summed E-state index contributed by atoms with van der Waals surface area (Å²) in [7, 11) is 1.71. The topological polar surface area (TPSA) is 99.1 Å². The fourth-order valence-electron chi connectivity index (χ4n) is 2.68. The molecule has 0 spiro atoms. The largest absolute Gasteiger partial charge is 0.390 e. The van der Waals surface area contributed by atoms with Crippen LogP contribution in [0.3, 0.4) is 0 Å². The third kappa shape index (κ3) is 3.44. The van der Waals surface area contributed by atoms with Gasteiger partial charge in [-0.25, -0.2) is 0 Å². The van der Waals surface area contributed by atoms with Crippen molar-refractivity contribution in [2.24, 2.45) is 0 Å². The Morgan fingerprint density at radius 1 is 1.46 bits per heavy atom. The van der Waals surface area contributed by atoms with E-state index in [9.17, 15) is 14.9 Å². The van der Waals surface area contributed by atoms with E-state index < -0.39 is 11.0 Å². The second-order valence-corrected chi connectivity index (χ2v) is 5.60. The number of nitro groups is 1. The predicted molar refractivity (Wildman–Crippen MR) is 87.3 cm³/mol. The van der Waals surface area contributed by atoms with E-state index in [0.717, 1.165) is 12.2 Å². The first-order valence-electron chi connectivity index (χ1n) is 7.85. The minimum absolute atomic E-state index is 0.137. The highest BCUT2D eigenvalue weighted by Crippen LogP contribution is 2.21. The van der Waals surface area contributed by atoms with E-state index >= 15 is 0 Å². The minimum Gasteiger partial charge on any atom is -0.358 e. The maximum Gasteiger partial charge on any atom is 0.390 e. The second kappa shape index (κ2) is 7.24. The molecule has 0 aliphatic rings. The van der Waals surface area contributed by atoms with Crippen LogP contribution >= 0.6 is 0 Å². The summed E-state index contributed by atoms with van der Waals surface area (Å²) in [5, 5.41) is 19.0. The average molecular weight is 334 g/mol. The van der Waals surface area contributed by atoms with E-state index in [1.54, 1.807) is 25.1 Å². The summed E-state index contributed by atoms with van der Waals surface area (Å²) in [4.78, 5) is 24.7. The fourth-order valence-corrected chi connectivity index (χ4v) is 2.68. The highest BCUT2D eigenvalue weighted by molar-refractivity contribution is 5.80. The van der Waals surface area contributed by atoms with Crippen molar-refractivity contribution in [2.45, 2.75) is 46.3 Å². The van der Waals surface area contributed by atoms with Gasteiger partial charge in [0.1, 0.15) is 0 Å². The molecule has 2 rings (SSSR count). The number of aryl methyl sites for hydroxylation is 2. The quantitative estimate of drug-likeness (QED) is 0.569. The number of aromatic nitrogens is 4. The highest BCUT2D eigenvalue weighted by atomic mass is 16.6. The number of rotatable bonds is 7. The molecule has 0 fully saturated rings. The van der Waals surface area contributed by atoms with E-state index in [1.807, 2.05) is 24.6 Å². The Morgan fingerprint density at radius 2 is 2.17 bits per heavy atom. The van der Waals surface area contributed by atoms with Gasteiger partial charge in [0.05, 0.1) is 29.1 Å². The lowest BCUT2D eigenvalue weighted by atomic mass is 10.2. The molecule has 0 saturated heterocycles. The van der Waals surface area contributed by atoms with E-state index in [1.165, 1.54) is 10.7 Å². The second-order valence-electron chi connectivity index (χ2n) is 5.60. The van der Waals surface area contributed by atoms with Crippen molar-refractivity contribution in [3.63, 3.8) is 0 Å². The zero-order chi connectivity index (χ0) is 17.9. The molecule has 24 heavy (non-hydrogen) atoms. The van der Waals surface area contributed by atoms with Gasteiger partial charge in [0, 0.05) is 19.8 Å². The zero-order valence-corrected chi connectivity index (χ0v) is 14.3. The Balaban J connectivity index is 2.20. The molecule has 0 saturated carbocycles. The van der Waals surface area contributed by atoms with Crippen LogP contribution in [0.4, 0.5) is 5.82 Å². The summed E-state index contributed by atoms with van der Waals surface area (Å²) in [6.45, 7) is 6.71. The summed E-state index contributed by atoms with van der Waals surface area (Å²) in [6.07, 6.45) is 2.20. The normalized spacial score (nSPS) is 12.2. The van der Waals surface area contributed by atoms with Crippen LogP contribution in [0.25, 0.3) is 0 Å². The monoisotopic (exact) mass is 334 g/mol. The van der Waals surface area contributed by atoms with Crippen molar-refractivity contribution in [1.29, 1.82) is 0 Å². The molecule has 9 nitrogen and oxygen atoms in total. The van der Waals surface area contributed by atoms with E-state index in [2.05, 4.69) is 10.2 Å². The number of hydrogen-bond donors (Lipinski definition) is 0. The lowest BCUT2D eigenvalue weighted by Gasteiger charge is -2.22. The lowest BCUT2D eigenvalue weighted by Crippen LogP contribution is -2.35. The van der Waals surface area contributed by atoms with Gasteiger partial charge in [-0.05, 0) is 31.3 Å². The molecule has 0 N–H and O–H groups in total. The van der Waals surface area contributed by atoms with Crippen LogP contribution in [0.5, 0.6) is 0 Å². The molecule has 0 aliphatic heterocycles. The number of carbonyl (C=O) groups is 1. The SMILES string of the molecule is CCC(C(=O)N(C)Cc1ccnn1CC)n1nc([N+](=O)[O-])cc1C. The molecule has 1 atom stereocenters. The molecule has 130 valence electrons. The molecule has 0 aliphatic carbocycles. The summed E-state index contributed by atoms with van der Waals surface area (Å²) < 4.78 is 3.27. The van der Waals surface area contributed by atoms with Crippen molar-refractivity contribution in [1.82, 2.24) is 24.5 Å². The van der Waals surface area contributed by atoms with E-state index in [0.29, 0.717) is 18.7 Å². The molecule has 2 aromatic rings. The van der Waals surface area contributed by atoms with Crippen molar-refractivity contribution in [3.8, 4) is 0 Å². The standard InChI is InChI=1S/C15H22N6O3/c1-5-13(20-11(3)9-14(17-20)21(23)24)15(22)18(4)10-12-7-8-16-19(12)6-2/h7-9,13H,5-6,10H2,1-4H3. The van der Waals surface area contributed by atoms with Crippen molar-refractivity contribution >= 4 is 11.7 Å². The number of nitrogens with zero attached hydrogens (tertiary/aromatic N) is 6. The molecule has 1 amide bonds. The smallest absolute Gasteiger partial charge is 0.358 e. The Kier molecular flexibility index (Phi) is 5.32. The van der Waals surface area contributed by atoms with Crippen LogP contribution in [0.2, 0.25) is 0 Å². The Labute approximate surface area is 140 Å². The summed E-state index contributed by atoms with van der Waals surface area (Å²) in [5.41, 5.74) is 1.53. The van der Waals surface area contributed by atoms with E-state index in [4.69, 9.17) is 0 Å². The first-order chi connectivity index (χ1) is 11.4. The van der Waals surface area contributed by atoms with Gasteiger partial charge in [-0.15, -0.1) is 0 Å². The highest BCUT2D eigenvalue weighted by Gasteiger charge is 2.29. The molecule has 2 aromatic heterocycles. The summed E-state index contributed by atoms with van der Waals surface area (Å²) in [5.74, 6) is -0.382. The van der Waals surface area contributed by atoms with Crippen LogP contribution in [0, 0.1) is 17.0 Å². The maximum absolute atomic E-state index is 12.8. The maximum atomic E-state index is 12.8. The predicted octanol–water partition coefficient (Wildman–Crippen LogP) is 1.93. The van der Waals surface area contributed by atoms with Crippen LogP contribution in [0.1, 0.15) is 37.7 Å². The van der Waals surface area contributed by atoms with Crippen molar-refractivity contribution < 1.29 is 9.72 Å².